The van der Waals surface area contributed by atoms with Gasteiger partial charge in [-0.05, 0) is 12.8 Å². The maximum absolute atomic E-state index is 12.2. The van der Waals surface area contributed by atoms with Gasteiger partial charge >= 0.3 is 6.18 Å². The number of nitrogens with zero attached hydrogens (tertiary/aromatic N) is 2. The van der Waals surface area contributed by atoms with Crippen LogP contribution in [0.25, 0.3) is 0 Å². The first-order valence-electron chi connectivity index (χ1n) is 7.22. The number of aryl methyl sites for hydroxylation is 1. The number of alkyl halides is 3. The van der Waals surface area contributed by atoms with Crippen molar-refractivity contribution in [3.63, 3.8) is 0 Å². The van der Waals surface area contributed by atoms with Gasteiger partial charge in [-0.1, -0.05) is 19.3 Å². The Hall–Kier alpha value is -1.58. The molecule has 0 bridgehead atoms. The molecule has 1 aliphatic carbocycles. The van der Waals surface area contributed by atoms with Crippen LogP contribution in [0.4, 0.5) is 13.2 Å². The summed E-state index contributed by atoms with van der Waals surface area (Å²) in [4.78, 5) is 12.1. The van der Waals surface area contributed by atoms with Crippen molar-refractivity contribution in [2.75, 3.05) is 5.75 Å². The normalized spacial score (nSPS) is 17.2. The fraction of sp³-hybridized carbons (Fsp3) is 0.692. The van der Waals surface area contributed by atoms with Crippen LogP contribution in [0.1, 0.15) is 54.1 Å². The summed E-state index contributed by atoms with van der Waals surface area (Å²) in [6, 6.07) is 0. The van der Waals surface area contributed by atoms with E-state index in [1.165, 1.54) is 15.6 Å². The number of sulfonamides is 1. The fourth-order valence-corrected chi connectivity index (χ4v) is 3.70. The van der Waals surface area contributed by atoms with Crippen LogP contribution in [0.5, 0.6) is 0 Å². The quantitative estimate of drug-likeness (QED) is 0.899. The van der Waals surface area contributed by atoms with Gasteiger partial charge in [-0.3, -0.25) is 9.48 Å². The Kier molecular flexibility index (Phi) is 5.02. The van der Waals surface area contributed by atoms with Crippen LogP contribution in [0.2, 0.25) is 0 Å². The molecule has 0 aromatic carbocycles. The molecule has 0 atom stereocenters. The zero-order chi connectivity index (χ0) is 17.3. The van der Waals surface area contributed by atoms with E-state index >= 15 is 0 Å². The van der Waals surface area contributed by atoms with Crippen molar-refractivity contribution < 1.29 is 26.4 Å². The van der Waals surface area contributed by atoms with Crippen molar-refractivity contribution in [3.8, 4) is 0 Å². The van der Waals surface area contributed by atoms with E-state index in [9.17, 15) is 26.4 Å². The molecule has 0 spiro atoms. The molecule has 1 aliphatic rings. The van der Waals surface area contributed by atoms with Crippen LogP contribution in [0.3, 0.4) is 0 Å². The van der Waals surface area contributed by atoms with Gasteiger partial charge in [-0.25, -0.2) is 13.1 Å². The Morgan fingerprint density at radius 1 is 1.35 bits per heavy atom. The molecule has 0 aliphatic heterocycles. The summed E-state index contributed by atoms with van der Waals surface area (Å²) < 4.78 is 62.4. The average molecular weight is 353 g/mol. The highest BCUT2D eigenvalue weighted by Gasteiger charge is 2.36. The van der Waals surface area contributed by atoms with E-state index in [-0.39, 0.29) is 11.5 Å². The molecule has 1 amide bonds. The zero-order valence-electron chi connectivity index (χ0n) is 12.6. The van der Waals surface area contributed by atoms with Crippen molar-refractivity contribution in [1.82, 2.24) is 14.5 Å². The van der Waals surface area contributed by atoms with Crippen molar-refractivity contribution >= 4 is 15.9 Å². The molecular formula is C13H18F3N3O3S. The predicted octanol–water partition coefficient (Wildman–Crippen LogP) is 2.09. The Morgan fingerprint density at radius 2 is 1.96 bits per heavy atom. The zero-order valence-corrected chi connectivity index (χ0v) is 13.4. The van der Waals surface area contributed by atoms with E-state index in [0.717, 1.165) is 32.1 Å². The third kappa shape index (κ3) is 4.95. The second-order valence-electron chi connectivity index (χ2n) is 5.74. The van der Waals surface area contributed by atoms with Gasteiger partial charge in [0.05, 0.1) is 11.3 Å². The van der Waals surface area contributed by atoms with Crippen LogP contribution in [0, 0.1) is 0 Å². The number of carbonyl (C=O) groups is 1. The van der Waals surface area contributed by atoms with Crippen LogP contribution >= 0.6 is 0 Å². The first kappa shape index (κ1) is 17.8. The number of hydrogen-bond acceptors (Lipinski definition) is 4. The van der Waals surface area contributed by atoms with Gasteiger partial charge < -0.3 is 0 Å². The fourth-order valence-electron chi connectivity index (χ4n) is 2.81. The molecule has 0 radical (unpaired) electrons. The van der Waals surface area contributed by atoms with Crippen molar-refractivity contribution in [3.05, 3.63) is 17.5 Å². The molecule has 6 nitrogen and oxygen atoms in total. The van der Waals surface area contributed by atoms with Gasteiger partial charge in [0.1, 0.15) is 0 Å². The highest BCUT2D eigenvalue weighted by atomic mass is 32.2. The lowest BCUT2D eigenvalue weighted by Gasteiger charge is -2.20. The van der Waals surface area contributed by atoms with E-state index in [0.29, 0.717) is 5.69 Å². The molecule has 1 N–H and O–H groups in total. The topological polar surface area (TPSA) is 81.1 Å². The van der Waals surface area contributed by atoms with Crippen molar-refractivity contribution in [2.45, 2.75) is 44.2 Å². The van der Waals surface area contributed by atoms with Gasteiger partial charge in [-0.2, -0.15) is 18.3 Å². The second kappa shape index (κ2) is 6.50. The van der Waals surface area contributed by atoms with Crippen LogP contribution in [-0.4, -0.2) is 36.0 Å². The van der Waals surface area contributed by atoms with Crippen LogP contribution in [0.15, 0.2) is 6.20 Å². The molecule has 10 heteroatoms. The third-order valence-corrected chi connectivity index (χ3v) is 4.90. The molecule has 1 heterocycles. The highest BCUT2D eigenvalue weighted by molar-refractivity contribution is 7.90. The number of aromatic nitrogens is 2. The number of halogens is 3. The molecule has 1 fully saturated rings. The SMILES string of the molecule is Cn1cc(C(=O)NS(=O)(=O)CC(F)(F)F)c(C2CCCCC2)n1. The third-order valence-electron chi connectivity index (χ3n) is 3.70. The smallest absolute Gasteiger partial charge is 0.275 e. The number of rotatable bonds is 4. The molecule has 0 unspecified atom stereocenters. The Balaban J connectivity index is 2.19. The first-order valence-corrected chi connectivity index (χ1v) is 8.88. The lowest BCUT2D eigenvalue weighted by Crippen LogP contribution is -2.37. The number of hydrogen-bond donors (Lipinski definition) is 1. The van der Waals surface area contributed by atoms with E-state index < -0.39 is 27.9 Å². The predicted molar refractivity (Wildman–Crippen MR) is 76.3 cm³/mol. The first-order chi connectivity index (χ1) is 10.6. The second-order valence-corrected chi connectivity index (χ2v) is 7.46. The maximum atomic E-state index is 12.2. The molecule has 23 heavy (non-hydrogen) atoms. The van der Waals surface area contributed by atoms with Crippen molar-refractivity contribution in [1.29, 1.82) is 0 Å². The summed E-state index contributed by atoms with van der Waals surface area (Å²) in [7, 11) is -3.21. The summed E-state index contributed by atoms with van der Waals surface area (Å²) >= 11 is 0. The van der Waals surface area contributed by atoms with E-state index in [4.69, 9.17) is 0 Å². The summed E-state index contributed by atoms with van der Waals surface area (Å²) in [6.07, 6.45) is 1.13. The highest BCUT2D eigenvalue weighted by Crippen LogP contribution is 2.33. The van der Waals surface area contributed by atoms with Gasteiger partial charge in [0.15, 0.2) is 5.75 Å². The molecule has 2 rings (SSSR count). The molecule has 1 saturated carbocycles. The Labute approximate surface area is 132 Å². The van der Waals surface area contributed by atoms with E-state index in [1.807, 2.05) is 0 Å². The minimum Gasteiger partial charge on any atom is -0.275 e. The number of carbonyl (C=O) groups excluding carboxylic acids is 1. The lowest BCUT2D eigenvalue weighted by molar-refractivity contribution is -0.106. The minimum absolute atomic E-state index is 0.0187. The molecule has 0 saturated heterocycles. The molecule has 1 aromatic rings. The van der Waals surface area contributed by atoms with Gasteiger partial charge in [0.2, 0.25) is 10.0 Å². The molecule has 1 aromatic heterocycles. The Bertz CT molecular complexity index is 676. The van der Waals surface area contributed by atoms with Gasteiger partial charge in [0, 0.05) is 19.2 Å². The van der Waals surface area contributed by atoms with E-state index in [1.54, 1.807) is 7.05 Å². The molecule has 130 valence electrons. The largest absolute Gasteiger partial charge is 0.404 e. The maximum Gasteiger partial charge on any atom is 0.404 e. The van der Waals surface area contributed by atoms with Gasteiger partial charge in [0.25, 0.3) is 5.91 Å². The van der Waals surface area contributed by atoms with Crippen molar-refractivity contribution in [2.24, 2.45) is 7.05 Å². The number of amides is 1. The molecular weight excluding hydrogens is 335 g/mol. The Morgan fingerprint density at radius 3 is 2.52 bits per heavy atom. The van der Waals surface area contributed by atoms with Crippen LogP contribution < -0.4 is 4.72 Å². The summed E-state index contributed by atoms with van der Waals surface area (Å²) in [5.41, 5.74) is 0.469. The summed E-state index contributed by atoms with van der Waals surface area (Å²) in [5, 5.41) is 4.20. The number of nitrogens with one attached hydrogen (secondary N) is 1. The lowest BCUT2D eigenvalue weighted by atomic mass is 9.85. The van der Waals surface area contributed by atoms with Crippen LogP contribution in [-0.2, 0) is 17.1 Å². The average Bonchev–Trinajstić information content (AvgIpc) is 2.78. The summed E-state index contributed by atoms with van der Waals surface area (Å²) in [6.45, 7) is 0. The van der Waals surface area contributed by atoms with E-state index in [2.05, 4.69) is 5.10 Å². The van der Waals surface area contributed by atoms with Gasteiger partial charge in [-0.15, -0.1) is 0 Å². The monoisotopic (exact) mass is 353 g/mol. The summed E-state index contributed by atoms with van der Waals surface area (Å²) in [5.74, 6) is -3.14. The standard InChI is InChI=1S/C13H18F3N3O3S/c1-19-7-10(11(17-19)9-5-3-2-4-6-9)12(20)18-23(21,22)8-13(14,15)16/h7,9H,2-6,8H2,1H3,(H,18,20). The minimum atomic E-state index is -4.91.